The van der Waals surface area contributed by atoms with E-state index in [0.29, 0.717) is 12.2 Å². The summed E-state index contributed by atoms with van der Waals surface area (Å²) in [4.78, 5) is 13.0. The molecular weight excluding hydrogens is 223 g/mol. The van der Waals surface area contributed by atoms with Crippen LogP contribution in [0.5, 0.6) is 0 Å². The molecule has 17 heavy (non-hydrogen) atoms. The number of carbonyl (C=O) groups is 1. The van der Waals surface area contributed by atoms with Gasteiger partial charge in [-0.05, 0) is 19.1 Å². The molecule has 0 aliphatic carbocycles. The van der Waals surface area contributed by atoms with Crippen molar-refractivity contribution in [3.63, 3.8) is 0 Å². The largest absolute Gasteiger partial charge is 0.391 e. The minimum atomic E-state index is -0.465. The van der Waals surface area contributed by atoms with Crippen molar-refractivity contribution in [1.82, 2.24) is 5.32 Å². The van der Waals surface area contributed by atoms with Crippen LogP contribution in [0.15, 0.2) is 18.2 Å². The molecule has 1 rings (SSSR count). The van der Waals surface area contributed by atoms with Gasteiger partial charge in [0.05, 0.1) is 13.2 Å². The second kappa shape index (κ2) is 6.20. The first-order chi connectivity index (χ1) is 8.10. The molecule has 0 spiro atoms. The molecule has 0 saturated heterocycles. The first-order valence-corrected chi connectivity index (χ1v) is 5.46. The average Bonchev–Trinajstić information content (AvgIpc) is 2.28. The zero-order valence-corrected chi connectivity index (χ0v) is 10.0. The molecule has 0 aromatic heterocycles. The first-order valence-electron chi connectivity index (χ1n) is 5.46. The Bertz CT molecular complexity index is 396. The maximum Gasteiger partial charge on any atom is 0.239 e. The molecule has 0 bridgehead atoms. The minimum Gasteiger partial charge on any atom is -0.391 e. The zero-order chi connectivity index (χ0) is 12.8. The highest BCUT2D eigenvalue weighted by Crippen LogP contribution is 2.21. The number of aliphatic hydroxyl groups excluding tert-OH is 1. The molecule has 0 unspecified atom stereocenters. The van der Waals surface area contributed by atoms with Crippen LogP contribution in [0.1, 0.15) is 12.5 Å². The smallest absolute Gasteiger partial charge is 0.239 e. The third kappa shape index (κ3) is 3.42. The Morgan fingerprint density at radius 2 is 2.24 bits per heavy atom. The van der Waals surface area contributed by atoms with Crippen molar-refractivity contribution in [1.29, 1.82) is 0 Å². The van der Waals surface area contributed by atoms with E-state index in [-0.39, 0.29) is 24.6 Å². The highest BCUT2D eigenvalue weighted by molar-refractivity contribution is 5.81. The monoisotopic (exact) mass is 240 g/mol. The van der Waals surface area contributed by atoms with Crippen molar-refractivity contribution in [2.45, 2.75) is 13.5 Å². The van der Waals surface area contributed by atoms with Crippen molar-refractivity contribution in [3.05, 3.63) is 29.6 Å². The van der Waals surface area contributed by atoms with Crippen LogP contribution in [0.4, 0.5) is 10.1 Å². The minimum absolute atomic E-state index is 0.129. The average molecular weight is 240 g/mol. The van der Waals surface area contributed by atoms with Crippen LogP contribution in [0.3, 0.4) is 0 Å². The van der Waals surface area contributed by atoms with Crippen molar-refractivity contribution >= 4 is 11.6 Å². The highest BCUT2D eigenvalue weighted by Gasteiger charge is 2.13. The quantitative estimate of drug-likeness (QED) is 0.803. The molecule has 0 aliphatic rings. The molecule has 0 radical (unpaired) electrons. The van der Waals surface area contributed by atoms with Gasteiger partial charge < -0.3 is 15.3 Å². The van der Waals surface area contributed by atoms with Crippen LogP contribution in [0, 0.1) is 5.82 Å². The number of halogens is 1. The first kappa shape index (κ1) is 13.4. The lowest BCUT2D eigenvalue weighted by Crippen LogP contribution is -2.35. The van der Waals surface area contributed by atoms with E-state index in [1.54, 1.807) is 24.1 Å². The van der Waals surface area contributed by atoms with Crippen LogP contribution >= 0.6 is 0 Å². The maximum absolute atomic E-state index is 13.4. The van der Waals surface area contributed by atoms with E-state index in [1.807, 2.05) is 6.92 Å². The molecule has 1 aromatic rings. The number of likely N-dealkylation sites (N-methyl/N-ethyl adjacent to an activating group) is 2. The van der Waals surface area contributed by atoms with E-state index in [9.17, 15) is 9.18 Å². The lowest BCUT2D eigenvalue weighted by atomic mass is 10.1. The molecule has 0 aliphatic heterocycles. The molecule has 2 N–H and O–H groups in total. The Morgan fingerprint density at radius 1 is 1.53 bits per heavy atom. The fraction of sp³-hybridized carbons (Fsp3) is 0.417. The summed E-state index contributed by atoms with van der Waals surface area (Å²) in [6.07, 6.45) is 0. The molecule has 4 nitrogen and oxygen atoms in total. The number of carbonyl (C=O) groups excluding carboxylic acids is 1. The number of hydrogen-bond acceptors (Lipinski definition) is 3. The number of aliphatic hydroxyl groups is 1. The second-order valence-corrected chi connectivity index (χ2v) is 3.71. The molecule has 0 saturated carbocycles. The molecule has 0 heterocycles. The number of nitrogens with zero attached hydrogens (tertiary/aromatic N) is 1. The van der Waals surface area contributed by atoms with Gasteiger partial charge in [-0.2, -0.15) is 0 Å². The van der Waals surface area contributed by atoms with E-state index in [4.69, 9.17) is 5.11 Å². The SMILES string of the molecule is CCNC(=O)CN(C)c1cccc(F)c1CO. The van der Waals surface area contributed by atoms with Crippen LogP contribution in [-0.4, -0.2) is 31.2 Å². The van der Waals surface area contributed by atoms with Crippen LogP contribution in [0.25, 0.3) is 0 Å². The molecule has 1 aromatic carbocycles. The fourth-order valence-corrected chi connectivity index (χ4v) is 1.62. The number of anilines is 1. The topological polar surface area (TPSA) is 52.6 Å². The van der Waals surface area contributed by atoms with Gasteiger partial charge in [0.1, 0.15) is 5.82 Å². The second-order valence-electron chi connectivity index (χ2n) is 3.71. The summed E-state index contributed by atoms with van der Waals surface area (Å²) in [6.45, 7) is 2.13. The van der Waals surface area contributed by atoms with Gasteiger partial charge in [-0.1, -0.05) is 6.07 Å². The summed E-state index contributed by atoms with van der Waals surface area (Å²) in [7, 11) is 1.68. The van der Waals surface area contributed by atoms with Crippen molar-refractivity contribution in [2.24, 2.45) is 0 Å². The van der Waals surface area contributed by atoms with Gasteiger partial charge in [-0.15, -0.1) is 0 Å². The normalized spacial score (nSPS) is 10.1. The Labute approximate surface area is 100 Å². The summed E-state index contributed by atoms with van der Waals surface area (Å²) in [5, 5.41) is 11.8. The van der Waals surface area contributed by atoms with Gasteiger partial charge in [0.2, 0.25) is 5.91 Å². The number of nitrogens with one attached hydrogen (secondary N) is 1. The molecular formula is C12H17FN2O2. The number of benzene rings is 1. The van der Waals surface area contributed by atoms with E-state index in [2.05, 4.69) is 5.32 Å². The van der Waals surface area contributed by atoms with Gasteiger partial charge in [0.15, 0.2) is 0 Å². The van der Waals surface area contributed by atoms with Gasteiger partial charge in [0, 0.05) is 24.8 Å². The lowest BCUT2D eigenvalue weighted by Gasteiger charge is -2.21. The Kier molecular flexibility index (Phi) is 4.90. The summed E-state index contributed by atoms with van der Waals surface area (Å²) in [5.74, 6) is -0.601. The van der Waals surface area contributed by atoms with Gasteiger partial charge in [-0.25, -0.2) is 4.39 Å². The molecule has 0 fully saturated rings. The van der Waals surface area contributed by atoms with Crippen molar-refractivity contribution < 1.29 is 14.3 Å². The molecule has 1 amide bonds. The summed E-state index contributed by atoms with van der Waals surface area (Å²) in [6, 6.07) is 4.51. The fourth-order valence-electron chi connectivity index (χ4n) is 1.62. The lowest BCUT2D eigenvalue weighted by molar-refractivity contribution is -0.119. The number of amides is 1. The third-order valence-corrected chi connectivity index (χ3v) is 2.42. The molecule has 0 atom stereocenters. The zero-order valence-electron chi connectivity index (χ0n) is 10.0. The Hall–Kier alpha value is -1.62. The Morgan fingerprint density at radius 3 is 2.82 bits per heavy atom. The van der Waals surface area contributed by atoms with E-state index in [1.165, 1.54) is 6.07 Å². The summed E-state index contributed by atoms with van der Waals surface area (Å²) < 4.78 is 13.4. The standard InChI is InChI=1S/C12H17FN2O2/c1-3-14-12(17)7-15(2)11-6-4-5-10(13)9(11)8-16/h4-6,16H,3,7-8H2,1-2H3,(H,14,17). The van der Waals surface area contributed by atoms with Crippen LogP contribution in [-0.2, 0) is 11.4 Å². The Balaban J connectivity index is 2.85. The predicted molar refractivity (Wildman–Crippen MR) is 64.3 cm³/mol. The maximum atomic E-state index is 13.4. The number of rotatable bonds is 5. The van der Waals surface area contributed by atoms with Crippen LogP contribution in [0.2, 0.25) is 0 Å². The van der Waals surface area contributed by atoms with Gasteiger partial charge >= 0.3 is 0 Å². The van der Waals surface area contributed by atoms with Gasteiger partial charge in [0.25, 0.3) is 0 Å². The van der Waals surface area contributed by atoms with E-state index >= 15 is 0 Å². The van der Waals surface area contributed by atoms with Crippen molar-refractivity contribution in [2.75, 3.05) is 25.0 Å². The predicted octanol–water partition coefficient (Wildman–Crippen LogP) is 0.890. The molecule has 5 heteroatoms. The third-order valence-electron chi connectivity index (χ3n) is 2.42. The number of hydrogen-bond donors (Lipinski definition) is 2. The van der Waals surface area contributed by atoms with Crippen molar-refractivity contribution in [3.8, 4) is 0 Å². The highest BCUT2D eigenvalue weighted by atomic mass is 19.1. The molecule has 94 valence electrons. The van der Waals surface area contributed by atoms with E-state index < -0.39 is 5.82 Å². The van der Waals surface area contributed by atoms with E-state index in [0.717, 1.165) is 0 Å². The van der Waals surface area contributed by atoms with Crippen LogP contribution < -0.4 is 10.2 Å². The summed E-state index contributed by atoms with van der Waals surface area (Å²) in [5.41, 5.74) is 0.734. The van der Waals surface area contributed by atoms with Gasteiger partial charge in [-0.3, -0.25) is 4.79 Å². The summed E-state index contributed by atoms with van der Waals surface area (Å²) >= 11 is 0.